The first-order chi connectivity index (χ1) is 4.10. The lowest BCUT2D eigenvalue weighted by Gasteiger charge is -2.24. The SMILES string of the molecule is CC1=NC=NC(C)(C)N1. The molecule has 0 spiro atoms. The highest BCUT2D eigenvalue weighted by Gasteiger charge is 2.16. The third-order valence-electron chi connectivity index (χ3n) is 1.12. The number of hydrogen-bond acceptors (Lipinski definition) is 3. The van der Waals surface area contributed by atoms with E-state index in [1.165, 1.54) is 0 Å². The van der Waals surface area contributed by atoms with Gasteiger partial charge in [-0.15, -0.1) is 0 Å². The van der Waals surface area contributed by atoms with Gasteiger partial charge in [-0.1, -0.05) is 0 Å². The van der Waals surface area contributed by atoms with Crippen molar-refractivity contribution in [1.82, 2.24) is 5.32 Å². The molecular formula is C6H11N3. The summed E-state index contributed by atoms with van der Waals surface area (Å²) in [6, 6.07) is 0. The second-order valence-corrected chi connectivity index (χ2v) is 2.64. The molecule has 0 saturated heterocycles. The van der Waals surface area contributed by atoms with Crippen LogP contribution in [0.15, 0.2) is 9.98 Å². The number of nitrogens with one attached hydrogen (secondary N) is 1. The van der Waals surface area contributed by atoms with E-state index in [0.29, 0.717) is 0 Å². The zero-order valence-electron chi connectivity index (χ0n) is 5.97. The third-order valence-corrected chi connectivity index (χ3v) is 1.12. The molecule has 1 heterocycles. The van der Waals surface area contributed by atoms with Gasteiger partial charge in [0.1, 0.15) is 17.8 Å². The maximum absolute atomic E-state index is 4.09. The molecule has 1 aliphatic heterocycles. The Kier molecular flexibility index (Phi) is 1.27. The molecule has 0 aromatic carbocycles. The van der Waals surface area contributed by atoms with Crippen LogP contribution in [0.2, 0.25) is 0 Å². The van der Waals surface area contributed by atoms with Crippen LogP contribution in [0.5, 0.6) is 0 Å². The molecule has 0 atom stereocenters. The third kappa shape index (κ3) is 1.52. The predicted octanol–water partition coefficient (Wildman–Crippen LogP) is 0.772. The zero-order chi connectivity index (χ0) is 6.91. The molecule has 0 bridgehead atoms. The topological polar surface area (TPSA) is 36.8 Å². The Morgan fingerprint density at radius 3 is 2.56 bits per heavy atom. The molecular weight excluding hydrogens is 114 g/mol. The smallest absolute Gasteiger partial charge is 0.126 e. The van der Waals surface area contributed by atoms with Crippen LogP contribution in [0.3, 0.4) is 0 Å². The summed E-state index contributed by atoms with van der Waals surface area (Å²) in [4.78, 5) is 8.03. The van der Waals surface area contributed by atoms with E-state index in [1.54, 1.807) is 6.34 Å². The van der Waals surface area contributed by atoms with E-state index in [-0.39, 0.29) is 5.66 Å². The van der Waals surface area contributed by atoms with Gasteiger partial charge in [-0.2, -0.15) is 0 Å². The number of nitrogens with zero attached hydrogens (tertiary/aromatic N) is 2. The van der Waals surface area contributed by atoms with Crippen LogP contribution in [0, 0.1) is 0 Å². The van der Waals surface area contributed by atoms with Gasteiger partial charge in [0.15, 0.2) is 0 Å². The normalized spacial score (nSPS) is 22.8. The number of hydrogen-bond donors (Lipinski definition) is 1. The van der Waals surface area contributed by atoms with Gasteiger partial charge in [0.05, 0.1) is 0 Å². The monoisotopic (exact) mass is 125 g/mol. The Labute approximate surface area is 54.9 Å². The van der Waals surface area contributed by atoms with Crippen molar-refractivity contribution in [2.24, 2.45) is 9.98 Å². The first-order valence-corrected chi connectivity index (χ1v) is 2.96. The van der Waals surface area contributed by atoms with Crippen molar-refractivity contribution in [2.75, 3.05) is 0 Å². The zero-order valence-corrected chi connectivity index (χ0v) is 5.97. The highest BCUT2D eigenvalue weighted by atomic mass is 15.2. The summed E-state index contributed by atoms with van der Waals surface area (Å²) in [6.45, 7) is 5.93. The van der Waals surface area contributed by atoms with Crippen molar-refractivity contribution in [3.8, 4) is 0 Å². The molecule has 0 aromatic heterocycles. The fourth-order valence-electron chi connectivity index (χ4n) is 0.767. The fourth-order valence-corrected chi connectivity index (χ4v) is 0.767. The summed E-state index contributed by atoms with van der Waals surface area (Å²) in [7, 11) is 0. The van der Waals surface area contributed by atoms with Crippen molar-refractivity contribution >= 4 is 12.2 Å². The quantitative estimate of drug-likeness (QED) is 0.510. The van der Waals surface area contributed by atoms with E-state index in [9.17, 15) is 0 Å². The van der Waals surface area contributed by atoms with E-state index in [4.69, 9.17) is 0 Å². The predicted molar refractivity (Wildman–Crippen MR) is 38.8 cm³/mol. The van der Waals surface area contributed by atoms with Gasteiger partial charge in [-0.25, -0.2) is 9.98 Å². The lowest BCUT2D eigenvalue weighted by atomic mass is 10.2. The average Bonchev–Trinajstić information content (AvgIpc) is 1.60. The summed E-state index contributed by atoms with van der Waals surface area (Å²) in [5, 5.41) is 3.11. The molecule has 0 radical (unpaired) electrons. The molecule has 1 aliphatic rings. The van der Waals surface area contributed by atoms with Crippen LogP contribution in [0.25, 0.3) is 0 Å². The fraction of sp³-hybridized carbons (Fsp3) is 0.667. The summed E-state index contributed by atoms with van der Waals surface area (Å²) >= 11 is 0. The minimum atomic E-state index is -0.161. The van der Waals surface area contributed by atoms with Gasteiger partial charge in [0, 0.05) is 0 Å². The number of rotatable bonds is 0. The van der Waals surface area contributed by atoms with Crippen LogP contribution < -0.4 is 5.32 Å². The van der Waals surface area contributed by atoms with Crippen LogP contribution in [-0.2, 0) is 0 Å². The van der Waals surface area contributed by atoms with Gasteiger partial charge in [-0.05, 0) is 20.8 Å². The highest BCUT2D eigenvalue weighted by Crippen LogP contribution is 2.05. The Morgan fingerprint density at radius 2 is 2.22 bits per heavy atom. The highest BCUT2D eigenvalue weighted by molar-refractivity contribution is 5.88. The molecule has 0 saturated carbocycles. The first kappa shape index (κ1) is 6.26. The lowest BCUT2D eigenvalue weighted by molar-refractivity contribution is 0.481. The summed E-state index contributed by atoms with van der Waals surface area (Å²) < 4.78 is 0. The van der Waals surface area contributed by atoms with Crippen molar-refractivity contribution in [2.45, 2.75) is 26.4 Å². The molecule has 0 fully saturated rings. The average molecular weight is 125 g/mol. The van der Waals surface area contributed by atoms with E-state index in [1.807, 2.05) is 20.8 Å². The minimum absolute atomic E-state index is 0.161. The molecule has 0 amide bonds. The summed E-state index contributed by atoms with van der Waals surface area (Å²) in [5.74, 6) is 0.926. The second-order valence-electron chi connectivity index (χ2n) is 2.64. The Balaban J connectivity index is 2.73. The van der Waals surface area contributed by atoms with Gasteiger partial charge >= 0.3 is 0 Å². The van der Waals surface area contributed by atoms with Crippen LogP contribution in [0.4, 0.5) is 0 Å². The minimum Gasteiger partial charge on any atom is -0.350 e. The van der Waals surface area contributed by atoms with Crippen molar-refractivity contribution < 1.29 is 0 Å². The standard InChI is InChI=1S/C6H11N3/c1-5-7-4-8-6(2,3)9-5/h4H,1-3H3,(H,7,8,9). The van der Waals surface area contributed by atoms with E-state index in [0.717, 1.165) is 5.84 Å². The molecule has 1 N–H and O–H groups in total. The Bertz CT molecular complexity index is 167. The molecule has 50 valence electrons. The van der Waals surface area contributed by atoms with Gasteiger partial charge < -0.3 is 5.32 Å². The molecule has 0 aliphatic carbocycles. The van der Waals surface area contributed by atoms with Crippen molar-refractivity contribution in [1.29, 1.82) is 0 Å². The van der Waals surface area contributed by atoms with Gasteiger partial charge in [-0.3, -0.25) is 0 Å². The second kappa shape index (κ2) is 1.83. The summed E-state index contributed by atoms with van der Waals surface area (Å²) in [5.41, 5.74) is -0.161. The maximum Gasteiger partial charge on any atom is 0.126 e. The van der Waals surface area contributed by atoms with E-state index >= 15 is 0 Å². The number of aliphatic imine (C=N–C) groups is 2. The lowest BCUT2D eigenvalue weighted by Crippen LogP contribution is -2.42. The molecule has 9 heavy (non-hydrogen) atoms. The number of amidine groups is 1. The Hall–Kier alpha value is -0.860. The van der Waals surface area contributed by atoms with Gasteiger partial charge in [0.2, 0.25) is 0 Å². The molecule has 0 unspecified atom stereocenters. The van der Waals surface area contributed by atoms with Gasteiger partial charge in [0.25, 0.3) is 0 Å². The van der Waals surface area contributed by atoms with Crippen molar-refractivity contribution in [3.05, 3.63) is 0 Å². The molecule has 1 rings (SSSR count). The van der Waals surface area contributed by atoms with E-state index < -0.39 is 0 Å². The molecule has 3 heteroatoms. The summed E-state index contributed by atoms with van der Waals surface area (Å²) in [6.07, 6.45) is 1.59. The molecule has 0 aromatic rings. The largest absolute Gasteiger partial charge is 0.350 e. The van der Waals surface area contributed by atoms with Crippen LogP contribution >= 0.6 is 0 Å². The maximum atomic E-state index is 4.09. The molecule has 3 nitrogen and oxygen atoms in total. The van der Waals surface area contributed by atoms with Crippen LogP contribution in [-0.4, -0.2) is 17.8 Å². The van der Waals surface area contributed by atoms with Crippen LogP contribution in [0.1, 0.15) is 20.8 Å². The van der Waals surface area contributed by atoms with E-state index in [2.05, 4.69) is 15.3 Å². The first-order valence-electron chi connectivity index (χ1n) is 2.96. The Morgan fingerprint density at radius 1 is 1.56 bits per heavy atom. The van der Waals surface area contributed by atoms with Crippen molar-refractivity contribution in [3.63, 3.8) is 0 Å².